The fourth-order valence-corrected chi connectivity index (χ4v) is 5.28. The van der Waals surface area contributed by atoms with E-state index in [4.69, 9.17) is 4.98 Å². The highest BCUT2D eigenvalue weighted by Gasteiger charge is 2.34. The number of piperazine rings is 1. The van der Waals surface area contributed by atoms with Crippen LogP contribution in [0.4, 0.5) is 5.69 Å². The molecule has 3 fully saturated rings. The normalized spacial score (nSPS) is 22.1. The Kier molecular flexibility index (Phi) is 4.90. The Balaban J connectivity index is 1.42. The molecule has 1 N–H and O–H groups in total. The number of hydrogen-bond donors (Lipinski definition) is 1. The van der Waals surface area contributed by atoms with Gasteiger partial charge in [-0.05, 0) is 50.4 Å². The zero-order valence-corrected chi connectivity index (χ0v) is 18.8. The molecule has 166 valence electrons. The largest absolute Gasteiger partial charge is 0.371 e. The van der Waals surface area contributed by atoms with Crippen LogP contribution in [0.1, 0.15) is 59.4 Å². The molecular weight excluding hydrogens is 398 g/mol. The highest BCUT2D eigenvalue weighted by atomic mass is 16.2. The van der Waals surface area contributed by atoms with Crippen molar-refractivity contribution in [1.29, 1.82) is 0 Å². The zero-order valence-electron chi connectivity index (χ0n) is 18.8. The summed E-state index contributed by atoms with van der Waals surface area (Å²) in [6, 6.07) is 14.8. The van der Waals surface area contributed by atoms with E-state index in [2.05, 4.69) is 63.1 Å². The third kappa shape index (κ3) is 3.56. The third-order valence-corrected chi connectivity index (χ3v) is 7.29. The lowest BCUT2D eigenvalue weighted by Crippen LogP contribution is -2.49. The molecule has 1 amide bonds. The summed E-state index contributed by atoms with van der Waals surface area (Å²) in [5.74, 6) is 1.79. The van der Waals surface area contributed by atoms with E-state index in [-0.39, 0.29) is 11.9 Å². The first-order chi connectivity index (χ1) is 15.7. The van der Waals surface area contributed by atoms with Gasteiger partial charge in [0.15, 0.2) is 0 Å². The summed E-state index contributed by atoms with van der Waals surface area (Å²) in [5, 5.41) is 0. The number of aromatic nitrogens is 2. The molecule has 2 aromatic carbocycles. The number of aromatic amines is 1. The SMILES string of the molecule is CN1CCN(C(=O)c2cc3[nH]c(C4CC4)nc3cc2N2CCCC2)C(c2ccccc2)C1. The molecule has 1 aromatic heterocycles. The smallest absolute Gasteiger partial charge is 0.256 e. The summed E-state index contributed by atoms with van der Waals surface area (Å²) in [6.07, 6.45) is 4.79. The van der Waals surface area contributed by atoms with Gasteiger partial charge in [0, 0.05) is 38.6 Å². The van der Waals surface area contributed by atoms with Gasteiger partial charge in [-0.2, -0.15) is 0 Å². The Morgan fingerprint density at radius 2 is 1.81 bits per heavy atom. The maximum Gasteiger partial charge on any atom is 0.256 e. The van der Waals surface area contributed by atoms with E-state index < -0.39 is 0 Å². The molecule has 0 spiro atoms. The molecule has 3 aromatic rings. The van der Waals surface area contributed by atoms with Crippen molar-refractivity contribution in [3.8, 4) is 0 Å². The Morgan fingerprint density at radius 1 is 1.03 bits per heavy atom. The second-order valence-electron chi connectivity index (χ2n) is 9.66. The molecule has 0 radical (unpaired) electrons. The molecule has 6 nitrogen and oxygen atoms in total. The van der Waals surface area contributed by atoms with Gasteiger partial charge in [-0.25, -0.2) is 4.98 Å². The molecule has 1 saturated carbocycles. The minimum Gasteiger partial charge on any atom is -0.371 e. The van der Waals surface area contributed by atoms with Crippen LogP contribution in [0.5, 0.6) is 0 Å². The second kappa shape index (κ2) is 7.93. The van der Waals surface area contributed by atoms with E-state index in [1.54, 1.807) is 0 Å². The fraction of sp³-hybridized carbons (Fsp3) is 0.462. The van der Waals surface area contributed by atoms with Gasteiger partial charge in [-0.1, -0.05) is 30.3 Å². The van der Waals surface area contributed by atoms with E-state index >= 15 is 0 Å². The summed E-state index contributed by atoms with van der Waals surface area (Å²) >= 11 is 0. The number of likely N-dealkylation sites (N-methyl/N-ethyl adjacent to an activating group) is 1. The molecule has 2 saturated heterocycles. The van der Waals surface area contributed by atoms with Gasteiger partial charge in [0.1, 0.15) is 5.82 Å². The molecule has 1 unspecified atom stereocenters. The number of carbonyl (C=O) groups is 1. The second-order valence-corrected chi connectivity index (χ2v) is 9.66. The Labute approximate surface area is 189 Å². The van der Waals surface area contributed by atoms with Crippen LogP contribution in [0.3, 0.4) is 0 Å². The Bertz CT molecular complexity index is 1130. The predicted molar refractivity (Wildman–Crippen MR) is 127 cm³/mol. The van der Waals surface area contributed by atoms with Gasteiger partial charge in [0.2, 0.25) is 0 Å². The van der Waals surface area contributed by atoms with Crippen molar-refractivity contribution < 1.29 is 4.79 Å². The first kappa shape index (κ1) is 19.8. The van der Waals surface area contributed by atoms with Crippen molar-refractivity contribution in [2.24, 2.45) is 0 Å². The molecule has 6 rings (SSSR count). The van der Waals surface area contributed by atoms with Crippen molar-refractivity contribution in [2.45, 2.75) is 37.6 Å². The van der Waals surface area contributed by atoms with Gasteiger partial charge >= 0.3 is 0 Å². The summed E-state index contributed by atoms with van der Waals surface area (Å²) < 4.78 is 0. The monoisotopic (exact) mass is 429 g/mol. The number of anilines is 1. The van der Waals surface area contributed by atoms with Crippen LogP contribution in [0, 0.1) is 0 Å². The lowest BCUT2D eigenvalue weighted by molar-refractivity contribution is 0.0499. The van der Waals surface area contributed by atoms with Gasteiger partial charge in [-0.3, -0.25) is 4.79 Å². The number of hydrogen-bond acceptors (Lipinski definition) is 4. The van der Waals surface area contributed by atoms with Crippen molar-refractivity contribution in [1.82, 2.24) is 19.8 Å². The predicted octanol–water partition coefficient (Wildman–Crippen LogP) is 4.17. The number of nitrogens with one attached hydrogen (secondary N) is 1. The lowest BCUT2D eigenvalue weighted by Gasteiger charge is -2.41. The van der Waals surface area contributed by atoms with Gasteiger partial charge < -0.3 is 19.7 Å². The van der Waals surface area contributed by atoms with Crippen LogP contribution in [0.25, 0.3) is 11.0 Å². The molecule has 3 heterocycles. The van der Waals surface area contributed by atoms with Crippen molar-refractivity contribution in [2.75, 3.05) is 44.7 Å². The van der Waals surface area contributed by atoms with Gasteiger partial charge in [-0.15, -0.1) is 0 Å². The summed E-state index contributed by atoms with van der Waals surface area (Å²) in [4.78, 5) is 29.3. The van der Waals surface area contributed by atoms with Crippen LogP contribution in [0.15, 0.2) is 42.5 Å². The number of carbonyl (C=O) groups excluding carboxylic acids is 1. The molecule has 6 heteroatoms. The van der Waals surface area contributed by atoms with E-state index in [0.717, 1.165) is 60.8 Å². The third-order valence-electron chi connectivity index (χ3n) is 7.29. The highest BCUT2D eigenvalue weighted by Crippen LogP contribution is 2.40. The van der Waals surface area contributed by atoms with Crippen LogP contribution in [0.2, 0.25) is 0 Å². The summed E-state index contributed by atoms with van der Waals surface area (Å²) in [7, 11) is 2.14. The minimum absolute atomic E-state index is 0.0633. The fourth-order valence-electron chi connectivity index (χ4n) is 5.28. The van der Waals surface area contributed by atoms with Crippen molar-refractivity contribution >= 4 is 22.6 Å². The van der Waals surface area contributed by atoms with Crippen LogP contribution < -0.4 is 4.90 Å². The van der Waals surface area contributed by atoms with Gasteiger partial charge in [0.05, 0.1) is 28.3 Å². The van der Waals surface area contributed by atoms with E-state index in [9.17, 15) is 4.79 Å². The van der Waals surface area contributed by atoms with Crippen LogP contribution in [-0.4, -0.2) is 65.4 Å². The van der Waals surface area contributed by atoms with Crippen LogP contribution in [-0.2, 0) is 0 Å². The molecule has 1 aliphatic carbocycles. The van der Waals surface area contributed by atoms with Crippen molar-refractivity contribution in [3.63, 3.8) is 0 Å². The molecule has 1 atom stereocenters. The summed E-state index contributed by atoms with van der Waals surface area (Å²) in [6.45, 7) is 4.51. The number of rotatable bonds is 4. The number of nitrogens with zero attached hydrogens (tertiary/aromatic N) is 4. The first-order valence-electron chi connectivity index (χ1n) is 12.0. The number of fused-ring (bicyclic) bond motifs is 1. The van der Waals surface area contributed by atoms with Crippen LogP contribution >= 0.6 is 0 Å². The maximum atomic E-state index is 14.1. The molecular formula is C26H31N5O. The number of benzene rings is 2. The van der Waals surface area contributed by atoms with E-state index in [1.165, 1.54) is 31.2 Å². The standard InChI is InChI=1S/C26H31N5O/c1-29-13-14-31(24(17-29)18-7-3-2-4-8-18)26(32)20-15-21-22(28-25(27-21)19-9-10-19)16-23(20)30-11-5-6-12-30/h2-4,7-8,15-16,19,24H,5-6,9-14,17H2,1H3,(H,27,28). The number of H-pyrrole nitrogens is 1. The average Bonchev–Trinajstić information content (AvgIpc) is 3.36. The zero-order chi connectivity index (χ0) is 21.7. The van der Waals surface area contributed by atoms with E-state index in [0.29, 0.717) is 5.92 Å². The molecule has 2 aliphatic heterocycles. The highest BCUT2D eigenvalue weighted by molar-refractivity contribution is 6.04. The van der Waals surface area contributed by atoms with E-state index in [1.807, 2.05) is 6.07 Å². The quantitative estimate of drug-likeness (QED) is 0.676. The van der Waals surface area contributed by atoms with Gasteiger partial charge in [0.25, 0.3) is 5.91 Å². The molecule has 32 heavy (non-hydrogen) atoms. The molecule has 3 aliphatic rings. The summed E-state index contributed by atoms with van der Waals surface area (Å²) in [5.41, 5.74) is 5.05. The Morgan fingerprint density at radius 3 is 2.56 bits per heavy atom. The Hall–Kier alpha value is -2.86. The first-order valence-corrected chi connectivity index (χ1v) is 12.0. The number of amides is 1. The average molecular weight is 430 g/mol. The minimum atomic E-state index is 0.0633. The maximum absolute atomic E-state index is 14.1. The number of imidazole rings is 1. The molecule has 0 bridgehead atoms. The topological polar surface area (TPSA) is 55.5 Å². The van der Waals surface area contributed by atoms with Crippen molar-refractivity contribution in [3.05, 3.63) is 59.4 Å². The lowest BCUT2D eigenvalue weighted by atomic mass is 10.0.